The van der Waals surface area contributed by atoms with Gasteiger partial charge in [-0.05, 0) is 57.1 Å². The van der Waals surface area contributed by atoms with Crippen molar-refractivity contribution in [1.29, 1.82) is 0 Å². The molecule has 0 unspecified atom stereocenters. The fourth-order valence-corrected chi connectivity index (χ4v) is 6.77. The number of nitrogens with zero attached hydrogens (tertiary/aromatic N) is 2. The number of rotatable bonds is 6. The number of fused-ring (bicyclic) bond motifs is 2. The Morgan fingerprint density at radius 1 is 1.18 bits per heavy atom. The summed E-state index contributed by atoms with van der Waals surface area (Å²) in [4.78, 5) is 32.9. The Balaban J connectivity index is 1.58. The predicted octanol–water partition coefficient (Wildman–Crippen LogP) is 3.47. The van der Waals surface area contributed by atoms with E-state index in [1.807, 2.05) is 38.1 Å². The lowest BCUT2D eigenvalue weighted by atomic mass is 9.97. The van der Waals surface area contributed by atoms with Gasteiger partial charge in [0.05, 0.1) is 22.6 Å². The molecule has 2 aromatic rings. The summed E-state index contributed by atoms with van der Waals surface area (Å²) in [5.74, 6) is -0.792. The summed E-state index contributed by atoms with van der Waals surface area (Å²) in [6, 6.07) is 7.05. The maximum Gasteiger partial charge on any atom is 0.339 e. The van der Waals surface area contributed by atoms with Crippen molar-refractivity contribution in [3.8, 4) is 0 Å². The Morgan fingerprint density at radius 2 is 1.94 bits per heavy atom. The van der Waals surface area contributed by atoms with E-state index >= 15 is 0 Å². The maximum absolute atomic E-state index is 13.3. The number of hydrogen-bond acceptors (Lipinski definition) is 6. The molecule has 33 heavy (non-hydrogen) atoms. The molecule has 1 aromatic carbocycles. The average molecular weight is 473 g/mol. The number of carbonyl (C=O) groups is 2. The highest BCUT2D eigenvalue weighted by molar-refractivity contribution is 7.91. The van der Waals surface area contributed by atoms with Crippen molar-refractivity contribution in [2.45, 2.75) is 70.9 Å². The van der Waals surface area contributed by atoms with Crippen LogP contribution in [0.2, 0.25) is 0 Å². The molecule has 0 radical (unpaired) electrons. The summed E-state index contributed by atoms with van der Waals surface area (Å²) in [6.45, 7) is 3.46. The van der Waals surface area contributed by atoms with Gasteiger partial charge in [0.1, 0.15) is 0 Å². The number of pyridine rings is 1. The molecule has 1 saturated heterocycles. The molecule has 2 heterocycles. The first-order valence-electron chi connectivity index (χ1n) is 11.9. The van der Waals surface area contributed by atoms with Gasteiger partial charge < -0.3 is 9.64 Å². The van der Waals surface area contributed by atoms with Gasteiger partial charge in [-0.3, -0.25) is 9.78 Å². The topological polar surface area (TPSA) is 93.6 Å². The van der Waals surface area contributed by atoms with Crippen LogP contribution in [-0.4, -0.2) is 60.4 Å². The third kappa shape index (κ3) is 5.05. The number of sulfone groups is 1. The number of ether oxygens (including phenoxy) is 1. The fourth-order valence-electron chi connectivity index (χ4n) is 5.06. The van der Waals surface area contributed by atoms with E-state index in [4.69, 9.17) is 9.72 Å². The van der Waals surface area contributed by atoms with E-state index in [1.54, 1.807) is 4.90 Å². The van der Waals surface area contributed by atoms with Crippen molar-refractivity contribution >= 4 is 32.6 Å². The van der Waals surface area contributed by atoms with E-state index in [1.165, 1.54) is 0 Å². The molecular formula is C25H32N2O5S. The third-order valence-corrected chi connectivity index (χ3v) is 8.66. The Hall–Kier alpha value is -2.48. The molecule has 1 amide bonds. The fraction of sp³-hybridized carbons (Fsp3) is 0.560. The van der Waals surface area contributed by atoms with Crippen LogP contribution in [0.25, 0.3) is 10.9 Å². The lowest BCUT2D eigenvalue weighted by Gasteiger charge is -2.33. The second kappa shape index (κ2) is 9.79. The molecule has 0 spiro atoms. The van der Waals surface area contributed by atoms with E-state index < -0.39 is 22.4 Å². The molecule has 8 heteroatoms. The van der Waals surface area contributed by atoms with E-state index in [9.17, 15) is 18.0 Å². The summed E-state index contributed by atoms with van der Waals surface area (Å²) in [5.41, 5.74) is 3.16. The molecule has 1 aliphatic heterocycles. The van der Waals surface area contributed by atoms with Gasteiger partial charge >= 0.3 is 5.97 Å². The first-order chi connectivity index (χ1) is 15.8. The minimum Gasteiger partial charge on any atom is -0.452 e. The van der Waals surface area contributed by atoms with Crippen molar-refractivity contribution in [1.82, 2.24) is 9.88 Å². The minimum absolute atomic E-state index is 0.0282. The summed E-state index contributed by atoms with van der Waals surface area (Å²) < 4.78 is 29.6. The van der Waals surface area contributed by atoms with Gasteiger partial charge in [0, 0.05) is 23.2 Å². The first-order valence-corrected chi connectivity index (χ1v) is 13.7. The molecule has 1 aromatic heterocycles. The second-order valence-corrected chi connectivity index (χ2v) is 11.4. The number of esters is 1. The van der Waals surface area contributed by atoms with Crippen molar-refractivity contribution < 1.29 is 22.7 Å². The molecule has 1 fully saturated rings. The van der Waals surface area contributed by atoms with Crippen molar-refractivity contribution in [2.24, 2.45) is 0 Å². The van der Waals surface area contributed by atoms with Crippen LogP contribution in [0.1, 0.15) is 67.6 Å². The Bertz CT molecular complexity index is 1160. The Morgan fingerprint density at radius 3 is 2.67 bits per heavy atom. The van der Waals surface area contributed by atoms with Crippen molar-refractivity contribution in [3.05, 3.63) is 41.1 Å². The minimum atomic E-state index is -3.14. The zero-order valence-corrected chi connectivity index (χ0v) is 20.2. The number of amides is 1. The van der Waals surface area contributed by atoms with Gasteiger partial charge in [0.15, 0.2) is 16.4 Å². The lowest BCUT2D eigenvalue weighted by Crippen LogP contribution is -2.48. The number of aromatic nitrogens is 1. The van der Waals surface area contributed by atoms with E-state index in [2.05, 4.69) is 0 Å². The van der Waals surface area contributed by atoms with Gasteiger partial charge in [-0.1, -0.05) is 31.5 Å². The average Bonchev–Trinajstić information content (AvgIpc) is 2.99. The molecule has 0 bridgehead atoms. The molecule has 178 valence electrons. The first kappa shape index (κ1) is 23.7. The summed E-state index contributed by atoms with van der Waals surface area (Å²) in [7, 11) is -3.14. The SMILES string of the molecule is CC[C@@H](C)N(C(=O)COC(=O)c1c2c(nc3ccccc13)CCCCC2)[C@@H]1CCS(=O)(=O)C1. The van der Waals surface area contributed by atoms with Crippen LogP contribution >= 0.6 is 0 Å². The van der Waals surface area contributed by atoms with Gasteiger partial charge in [-0.2, -0.15) is 0 Å². The molecular weight excluding hydrogens is 440 g/mol. The second-order valence-electron chi connectivity index (χ2n) is 9.18. The van der Waals surface area contributed by atoms with E-state index in [0.717, 1.165) is 54.3 Å². The van der Waals surface area contributed by atoms with Gasteiger partial charge in [-0.15, -0.1) is 0 Å². The molecule has 0 saturated carbocycles. The third-order valence-electron chi connectivity index (χ3n) is 6.91. The normalized spacial score (nSPS) is 20.6. The van der Waals surface area contributed by atoms with Crippen LogP contribution in [-0.2, 0) is 32.2 Å². The van der Waals surface area contributed by atoms with Crippen LogP contribution in [0.3, 0.4) is 0 Å². The van der Waals surface area contributed by atoms with Gasteiger partial charge in [0.2, 0.25) is 0 Å². The van der Waals surface area contributed by atoms with Crippen LogP contribution in [0.15, 0.2) is 24.3 Å². The highest BCUT2D eigenvalue weighted by Crippen LogP contribution is 2.29. The van der Waals surface area contributed by atoms with Crippen LogP contribution in [0, 0.1) is 0 Å². The summed E-state index contributed by atoms with van der Waals surface area (Å²) >= 11 is 0. The lowest BCUT2D eigenvalue weighted by molar-refractivity contribution is -0.138. The largest absolute Gasteiger partial charge is 0.452 e. The number of para-hydroxylation sites is 1. The van der Waals surface area contributed by atoms with Crippen molar-refractivity contribution in [2.75, 3.05) is 18.1 Å². The highest BCUT2D eigenvalue weighted by Gasteiger charge is 2.37. The molecule has 0 N–H and O–H groups in total. The monoisotopic (exact) mass is 472 g/mol. The number of benzene rings is 1. The van der Waals surface area contributed by atoms with Gasteiger partial charge in [0.25, 0.3) is 5.91 Å². The zero-order chi connectivity index (χ0) is 23.6. The molecule has 1 aliphatic carbocycles. The Labute approximate surface area is 195 Å². The van der Waals surface area contributed by atoms with Crippen LogP contribution in [0.4, 0.5) is 0 Å². The van der Waals surface area contributed by atoms with Crippen LogP contribution < -0.4 is 0 Å². The molecule has 4 rings (SSSR count). The van der Waals surface area contributed by atoms with E-state index in [0.29, 0.717) is 18.4 Å². The number of carbonyl (C=O) groups excluding carboxylic acids is 2. The van der Waals surface area contributed by atoms with Crippen molar-refractivity contribution in [3.63, 3.8) is 0 Å². The predicted molar refractivity (Wildman–Crippen MR) is 127 cm³/mol. The van der Waals surface area contributed by atoms with Crippen LogP contribution in [0.5, 0.6) is 0 Å². The quantitative estimate of drug-likeness (QED) is 0.472. The maximum atomic E-state index is 13.3. The van der Waals surface area contributed by atoms with E-state index in [-0.39, 0.29) is 29.5 Å². The summed E-state index contributed by atoms with van der Waals surface area (Å²) in [5, 5.41) is 0.747. The standard InChI is InChI=1S/C25H32N2O5S/c1-3-17(2)27(18-13-14-33(30,31)16-18)23(28)15-32-25(29)24-19-9-5-4-6-11-21(19)26-22-12-8-7-10-20(22)24/h7-8,10,12,17-18H,3-6,9,11,13-16H2,1-2H3/t17-,18-/m1/s1. The molecule has 2 aliphatic rings. The molecule has 7 nitrogen and oxygen atoms in total. The number of aryl methyl sites for hydroxylation is 1. The zero-order valence-electron chi connectivity index (χ0n) is 19.4. The molecule has 2 atom stereocenters. The highest BCUT2D eigenvalue weighted by atomic mass is 32.2. The Kier molecular flexibility index (Phi) is 7.02. The summed E-state index contributed by atoms with van der Waals surface area (Å²) in [6.07, 6.45) is 5.84. The van der Waals surface area contributed by atoms with Gasteiger partial charge in [-0.25, -0.2) is 13.2 Å². The smallest absolute Gasteiger partial charge is 0.339 e. The number of hydrogen-bond donors (Lipinski definition) is 0.